The summed E-state index contributed by atoms with van der Waals surface area (Å²) < 4.78 is 5.20. The summed E-state index contributed by atoms with van der Waals surface area (Å²) in [7, 11) is 0. The van der Waals surface area contributed by atoms with Crippen LogP contribution in [0.15, 0.2) is 30.5 Å². The third kappa shape index (κ3) is 5.41. The molecule has 1 aliphatic heterocycles. The molecular weight excluding hydrogens is 450 g/mol. The van der Waals surface area contributed by atoms with Crippen LogP contribution in [0.1, 0.15) is 53.7 Å². The van der Waals surface area contributed by atoms with Gasteiger partial charge >= 0.3 is 5.97 Å². The molecule has 0 saturated carbocycles. The summed E-state index contributed by atoms with van der Waals surface area (Å²) in [5.74, 6) is 0.864. The van der Waals surface area contributed by atoms with Crippen LogP contribution in [0.2, 0.25) is 0 Å². The van der Waals surface area contributed by atoms with E-state index >= 15 is 0 Å². The number of esters is 1. The second-order valence-corrected chi connectivity index (χ2v) is 9.81. The van der Waals surface area contributed by atoms with E-state index in [1.807, 2.05) is 36.1 Å². The molecule has 4 rings (SSSR count). The van der Waals surface area contributed by atoms with E-state index in [4.69, 9.17) is 9.72 Å². The van der Waals surface area contributed by atoms with Crippen molar-refractivity contribution in [2.75, 3.05) is 18.5 Å². The number of hydrogen-bond donors (Lipinski definition) is 1. The van der Waals surface area contributed by atoms with Crippen LogP contribution in [0.25, 0.3) is 11.4 Å². The molecule has 0 bridgehead atoms. The van der Waals surface area contributed by atoms with E-state index in [0.717, 1.165) is 21.7 Å². The number of nitrogens with one attached hydrogen (secondary N) is 1. The number of rotatable bonds is 7. The average molecular weight is 480 g/mol. The molecular formula is C25H29N5O3S. The van der Waals surface area contributed by atoms with Gasteiger partial charge in [0, 0.05) is 36.0 Å². The number of benzene rings is 1. The second-order valence-electron chi connectivity index (χ2n) is 8.72. The Hall–Kier alpha value is -3.33. The number of anilines is 2. The molecule has 3 aromatic rings. The van der Waals surface area contributed by atoms with E-state index in [9.17, 15) is 9.59 Å². The first-order valence-electron chi connectivity index (χ1n) is 11.5. The summed E-state index contributed by atoms with van der Waals surface area (Å²) >= 11 is 1.48. The van der Waals surface area contributed by atoms with Crippen LogP contribution in [0.4, 0.5) is 10.9 Å². The van der Waals surface area contributed by atoms with Crippen LogP contribution in [0, 0.1) is 12.8 Å². The van der Waals surface area contributed by atoms with Gasteiger partial charge in [0.2, 0.25) is 5.91 Å². The maximum absolute atomic E-state index is 12.6. The van der Waals surface area contributed by atoms with Gasteiger partial charge in [-0.15, -0.1) is 0 Å². The van der Waals surface area contributed by atoms with Gasteiger partial charge in [0.25, 0.3) is 0 Å². The molecule has 0 radical (unpaired) electrons. The summed E-state index contributed by atoms with van der Waals surface area (Å²) in [6.07, 6.45) is 2.75. The largest absolute Gasteiger partial charge is 0.462 e. The zero-order valence-corrected chi connectivity index (χ0v) is 20.7. The van der Waals surface area contributed by atoms with Crippen LogP contribution < -0.4 is 5.32 Å². The van der Waals surface area contributed by atoms with Crippen molar-refractivity contribution in [3.63, 3.8) is 0 Å². The molecule has 0 spiro atoms. The fourth-order valence-corrected chi connectivity index (χ4v) is 4.82. The van der Waals surface area contributed by atoms with E-state index < -0.39 is 5.97 Å². The molecule has 178 valence electrons. The van der Waals surface area contributed by atoms with Gasteiger partial charge in [-0.3, -0.25) is 4.79 Å². The summed E-state index contributed by atoms with van der Waals surface area (Å²) in [6.45, 7) is 9.35. The van der Waals surface area contributed by atoms with Crippen molar-refractivity contribution in [3.8, 4) is 11.4 Å². The van der Waals surface area contributed by atoms with Crippen molar-refractivity contribution < 1.29 is 14.3 Å². The predicted octanol–water partition coefficient (Wildman–Crippen LogP) is 4.76. The molecule has 2 aromatic heterocycles. The fraction of sp³-hybridized carbons (Fsp3) is 0.400. The molecule has 3 heterocycles. The molecule has 1 aliphatic rings. The minimum absolute atomic E-state index is 0.173. The lowest BCUT2D eigenvalue weighted by Gasteiger charge is -2.26. The van der Waals surface area contributed by atoms with Crippen molar-refractivity contribution >= 4 is 34.2 Å². The molecule has 0 fully saturated rings. The van der Waals surface area contributed by atoms with Gasteiger partial charge in [-0.1, -0.05) is 48.9 Å². The van der Waals surface area contributed by atoms with Crippen LogP contribution in [-0.4, -0.2) is 44.9 Å². The van der Waals surface area contributed by atoms with E-state index in [1.165, 1.54) is 17.5 Å². The Balaban J connectivity index is 1.61. The van der Waals surface area contributed by atoms with Gasteiger partial charge in [0.05, 0.1) is 18.8 Å². The Kier molecular flexibility index (Phi) is 7.21. The average Bonchev–Trinajstić information content (AvgIpc) is 3.20. The maximum atomic E-state index is 12.6. The standard InChI is InChI=1S/C25H29N5O3S/c1-5-33-24(32)18-13-26-22(17-8-6-7-16(4)12-17)28-23(18)29-25-27-19-9-10-30(14-20(19)34-25)21(31)11-15(2)3/h6-8,12-13,15H,5,9-11,14H2,1-4H3,(H,26,27,28,29). The number of amides is 1. The lowest BCUT2D eigenvalue weighted by Crippen LogP contribution is -2.36. The van der Waals surface area contributed by atoms with E-state index in [1.54, 1.807) is 6.92 Å². The number of aryl methyl sites for hydroxylation is 1. The summed E-state index contributed by atoms with van der Waals surface area (Å²) in [5.41, 5.74) is 3.18. The smallest absolute Gasteiger partial charge is 0.343 e. The zero-order chi connectivity index (χ0) is 24.2. The molecule has 8 nitrogen and oxygen atoms in total. The Bertz CT molecular complexity index is 1210. The van der Waals surface area contributed by atoms with Gasteiger partial charge in [-0.2, -0.15) is 0 Å². The lowest BCUT2D eigenvalue weighted by atomic mass is 10.1. The Morgan fingerprint density at radius 2 is 2.09 bits per heavy atom. The Morgan fingerprint density at radius 3 is 2.82 bits per heavy atom. The minimum Gasteiger partial charge on any atom is -0.462 e. The topological polar surface area (TPSA) is 97.3 Å². The summed E-state index contributed by atoms with van der Waals surface area (Å²) in [5, 5.41) is 3.85. The molecule has 9 heteroatoms. The van der Waals surface area contributed by atoms with Crippen LogP contribution in [0.5, 0.6) is 0 Å². The Labute approximate surface area is 203 Å². The van der Waals surface area contributed by atoms with Gasteiger partial charge in [0.15, 0.2) is 16.8 Å². The first kappa shape index (κ1) is 23.8. The van der Waals surface area contributed by atoms with E-state index in [2.05, 4.69) is 29.1 Å². The molecule has 1 N–H and O–H groups in total. The van der Waals surface area contributed by atoms with Gasteiger partial charge < -0.3 is 15.0 Å². The number of carbonyl (C=O) groups is 2. The predicted molar refractivity (Wildman–Crippen MR) is 132 cm³/mol. The molecule has 1 amide bonds. The quantitative estimate of drug-likeness (QED) is 0.488. The highest BCUT2D eigenvalue weighted by molar-refractivity contribution is 7.15. The number of carbonyl (C=O) groups excluding carboxylic acids is 2. The molecule has 0 aliphatic carbocycles. The number of ether oxygens (including phenoxy) is 1. The number of nitrogens with zero attached hydrogens (tertiary/aromatic N) is 4. The first-order chi connectivity index (χ1) is 16.3. The monoisotopic (exact) mass is 479 g/mol. The van der Waals surface area contributed by atoms with Gasteiger partial charge in [0.1, 0.15) is 5.56 Å². The highest BCUT2D eigenvalue weighted by Crippen LogP contribution is 2.32. The van der Waals surface area contributed by atoms with Crippen LogP contribution >= 0.6 is 11.3 Å². The van der Waals surface area contributed by atoms with E-state index in [-0.39, 0.29) is 18.1 Å². The second kappa shape index (κ2) is 10.3. The van der Waals surface area contributed by atoms with E-state index in [0.29, 0.717) is 48.6 Å². The minimum atomic E-state index is -0.493. The third-order valence-electron chi connectivity index (χ3n) is 5.45. The number of aromatic nitrogens is 3. The molecule has 1 aromatic carbocycles. The van der Waals surface area contributed by atoms with Crippen LogP contribution in [-0.2, 0) is 22.5 Å². The highest BCUT2D eigenvalue weighted by atomic mass is 32.1. The molecule has 0 atom stereocenters. The summed E-state index contributed by atoms with van der Waals surface area (Å²) in [4.78, 5) is 41.8. The number of fused-ring (bicyclic) bond motifs is 1. The van der Waals surface area contributed by atoms with Crippen molar-refractivity contribution in [3.05, 3.63) is 52.2 Å². The van der Waals surface area contributed by atoms with Crippen LogP contribution in [0.3, 0.4) is 0 Å². The fourth-order valence-electron chi connectivity index (χ4n) is 3.80. The lowest BCUT2D eigenvalue weighted by molar-refractivity contribution is -0.132. The van der Waals surface area contributed by atoms with Gasteiger partial charge in [-0.25, -0.2) is 19.7 Å². The molecule has 34 heavy (non-hydrogen) atoms. The normalized spacial score (nSPS) is 13.0. The first-order valence-corrected chi connectivity index (χ1v) is 12.3. The van der Waals surface area contributed by atoms with Gasteiger partial charge in [-0.05, 0) is 25.8 Å². The van der Waals surface area contributed by atoms with Crippen molar-refractivity contribution in [1.29, 1.82) is 0 Å². The molecule has 0 unspecified atom stereocenters. The Morgan fingerprint density at radius 1 is 1.26 bits per heavy atom. The highest BCUT2D eigenvalue weighted by Gasteiger charge is 2.25. The number of thiazole rings is 1. The van der Waals surface area contributed by atoms with Crippen molar-refractivity contribution in [2.45, 2.75) is 47.1 Å². The zero-order valence-electron chi connectivity index (χ0n) is 19.9. The molecule has 0 saturated heterocycles. The van der Waals surface area contributed by atoms with Crippen molar-refractivity contribution in [2.24, 2.45) is 5.92 Å². The van der Waals surface area contributed by atoms with Crippen molar-refractivity contribution in [1.82, 2.24) is 19.9 Å². The SMILES string of the molecule is CCOC(=O)c1cnc(-c2cccc(C)c2)nc1Nc1nc2c(s1)CN(C(=O)CC(C)C)CC2. The maximum Gasteiger partial charge on any atom is 0.343 e. The number of hydrogen-bond acceptors (Lipinski definition) is 8. The summed E-state index contributed by atoms with van der Waals surface area (Å²) in [6, 6.07) is 7.88. The third-order valence-corrected chi connectivity index (χ3v) is 6.45.